The normalized spacial score (nSPS) is 11.1. The van der Waals surface area contributed by atoms with Crippen LogP contribution in [0, 0.1) is 11.8 Å². The van der Waals surface area contributed by atoms with E-state index in [9.17, 15) is 4.79 Å². The molecule has 0 bridgehead atoms. The Kier molecular flexibility index (Phi) is 4.52. The van der Waals surface area contributed by atoms with Gasteiger partial charge in [-0.1, -0.05) is 27.7 Å². The van der Waals surface area contributed by atoms with E-state index in [0.717, 1.165) is 13.1 Å². The Labute approximate surface area is 96.7 Å². The van der Waals surface area contributed by atoms with E-state index in [0.29, 0.717) is 17.7 Å². The van der Waals surface area contributed by atoms with E-state index >= 15 is 0 Å². The van der Waals surface area contributed by atoms with Gasteiger partial charge in [-0.2, -0.15) is 0 Å². The molecule has 0 atom stereocenters. The lowest BCUT2D eigenvalue weighted by Gasteiger charge is -2.11. The molecule has 1 heterocycles. The molecule has 0 aliphatic heterocycles. The van der Waals surface area contributed by atoms with Gasteiger partial charge in [-0.3, -0.25) is 4.79 Å². The van der Waals surface area contributed by atoms with Crippen LogP contribution in [0.25, 0.3) is 0 Å². The van der Waals surface area contributed by atoms with E-state index in [2.05, 4.69) is 38.0 Å². The highest BCUT2D eigenvalue weighted by Crippen LogP contribution is 2.00. The van der Waals surface area contributed by atoms with Gasteiger partial charge < -0.3 is 9.88 Å². The highest BCUT2D eigenvalue weighted by atomic mass is 16.1. The van der Waals surface area contributed by atoms with Crippen molar-refractivity contribution in [1.82, 2.24) is 9.55 Å². The number of rotatable bonds is 5. The number of anilines is 1. The summed E-state index contributed by atoms with van der Waals surface area (Å²) in [5, 5.41) is 3.08. The Hall–Kier alpha value is -1.32. The number of nitrogens with one attached hydrogen (secondary N) is 1. The summed E-state index contributed by atoms with van der Waals surface area (Å²) in [6, 6.07) is 0. The number of hydrogen-bond donors (Lipinski definition) is 1. The van der Waals surface area contributed by atoms with E-state index in [4.69, 9.17) is 0 Å². The molecule has 0 aliphatic rings. The Morgan fingerprint density at radius 1 is 1.31 bits per heavy atom. The Bertz CT molecular complexity index is 382. The molecular formula is C12H21N3O. The zero-order valence-corrected chi connectivity index (χ0v) is 10.5. The predicted molar refractivity (Wildman–Crippen MR) is 66.7 cm³/mol. The lowest BCUT2D eigenvalue weighted by Crippen LogP contribution is -2.27. The van der Waals surface area contributed by atoms with Crippen LogP contribution < -0.4 is 10.9 Å². The van der Waals surface area contributed by atoms with Crippen LogP contribution >= 0.6 is 0 Å². The van der Waals surface area contributed by atoms with Crippen molar-refractivity contribution in [2.24, 2.45) is 11.8 Å². The van der Waals surface area contributed by atoms with Crippen molar-refractivity contribution >= 4 is 5.82 Å². The zero-order valence-electron chi connectivity index (χ0n) is 10.5. The molecule has 0 radical (unpaired) electrons. The van der Waals surface area contributed by atoms with Crippen molar-refractivity contribution in [1.29, 1.82) is 0 Å². The predicted octanol–water partition coefficient (Wildman–Crippen LogP) is 1.97. The summed E-state index contributed by atoms with van der Waals surface area (Å²) in [6.45, 7) is 9.89. The molecule has 0 spiro atoms. The number of hydrogen-bond acceptors (Lipinski definition) is 3. The van der Waals surface area contributed by atoms with E-state index in [1.54, 1.807) is 17.0 Å². The first-order valence-electron chi connectivity index (χ1n) is 5.80. The Morgan fingerprint density at radius 2 is 2.00 bits per heavy atom. The second-order valence-corrected chi connectivity index (χ2v) is 4.90. The van der Waals surface area contributed by atoms with Crippen molar-refractivity contribution in [2.75, 3.05) is 11.9 Å². The lowest BCUT2D eigenvalue weighted by molar-refractivity contribution is 0.509. The molecule has 0 amide bonds. The minimum atomic E-state index is -0.0307. The van der Waals surface area contributed by atoms with Crippen molar-refractivity contribution in [2.45, 2.75) is 34.2 Å². The van der Waals surface area contributed by atoms with Gasteiger partial charge in [-0.15, -0.1) is 0 Å². The van der Waals surface area contributed by atoms with Gasteiger partial charge in [-0.25, -0.2) is 4.98 Å². The van der Waals surface area contributed by atoms with Crippen LogP contribution in [0.3, 0.4) is 0 Å². The van der Waals surface area contributed by atoms with Crippen molar-refractivity contribution in [3.8, 4) is 0 Å². The summed E-state index contributed by atoms with van der Waals surface area (Å²) in [7, 11) is 0. The van der Waals surface area contributed by atoms with Crippen LogP contribution in [0.1, 0.15) is 27.7 Å². The van der Waals surface area contributed by atoms with E-state index in [1.165, 1.54) is 0 Å². The van der Waals surface area contributed by atoms with Crippen molar-refractivity contribution in [3.63, 3.8) is 0 Å². The summed E-state index contributed by atoms with van der Waals surface area (Å²) in [5.41, 5.74) is -0.0307. The largest absolute Gasteiger partial charge is 0.365 e. The molecule has 1 rings (SSSR count). The Balaban J connectivity index is 2.82. The third-order valence-electron chi connectivity index (χ3n) is 2.15. The SMILES string of the molecule is CC(C)CNc1nccn(CC(C)C)c1=O. The highest BCUT2D eigenvalue weighted by Gasteiger charge is 2.05. The van der Waals surface area contributed by atoms with Gasteiger partial charge in [-0.05, 0) is 11.8 Å². The fourth-order valence-corrected chi connectivity index (χ4v) is 1.41. The smallest absolute Gasteiger partial charge is 0.293 e. The number of aromatic nitrogens is 2. The molecule has 1 aromatic rings. The van der Waals surface area contributed by atoms with Crippen LogP contribution in [-0.2, 0) is 6.54 Å². The van der Waals surface area contributed by atoms with Crippen LogP contribution in [0.15, 0.2) is 17.2 Å². The van der Waals surface area contributed by atoms with E-state index in [-0.39, 0.29) is 5.56 Å². The maximum atomic E-state index is 12.0. The van der Waals surface area contributed by atoms with Crippen LogP contribution in [-0.4, -0.2) is 16.1 Å². The first-order valence-corrected chi connectivity index (χ1v) is 5.80. The topological polar surface area (TPSA) is 46.9 Å². The minimum Gasteiger partial charge on any atom is -0.365 e. The van der Waals surface area contributed by atoms with Gasteiger partial charge >= 0.3 is 0 Å². The van der Waals surface area contributed by atoms with Gasteiger partial charge in [0, 0.05) is 25.5 Å². The third-order valence-corrected chi connectivity index (χ3v) is 2.15. The molecule has 0 aromatic carbocycles. The molecular weight excluding hydrogens is 202 g/mol. The molecule has 0 saturated carbocycles. The fourth-order valence-electron chi connectivity index (χ4n) is 1.41. The van der Waals surface area contributed by atoms with Gasteiger partial charge in [0.05, 0.1) is 0 Å². The molecule has 0 fully saturated rings. The molecule has 1 N–H and O–H groups in total. The summed E-state index contributed by atoms with van der Waals surface area (Å²) >= 11 is 0. The van der Waals surface area contributed by atoms with Crippen molar-refractivity contribution < 1.29 is 0 Å². The number of nitrogens with zero attached hydrogens (tertiary/aromatic N) is 2. The molecule has 1 aromatic heterocycles. The minimum absolute atomic E-state index is 0.0307. The monoisotopic (exact) mass is 223 g/mol. The van der Waals surface area contributed by atoms with Crippen LogP contribution in [0.2, 0.25) is 0 Å². The summed E-state index contributed by atoms with van der Waals surface area (Å²) in [6.07, 6.45) is 3.41. The first-order chi connectivity index (χ1) is 7.50. The second-order valence-electron chi connectivity index (χ2n) is 4.90. The maximum absolute atomic E-state index is 12.0. The van der Waals surface area contributed by atoms with E-state index in [1.807, 2.05) is 0 Å². The fraction of sp³-hybridized carbons (Fsp3) is 0.667. The van der Waals surface area contributed by atoms with Gasteiger partial charge in [0.1, 0.15) is 0 Å². The summed E-state index contributed by atoms with van der Waals surface area (Å²) < 4.78 is 1.71. The molecule has 0 saturated heterocycles. The second kappa shape index (κ2) is 5.68. The van der Waals surface area contributed by atoms with Crippen LogP contribution in [0.5, 0.6) is 0 Å². The van der Waals surface area contributed by atoms with E-state index < -0.39 is 0 Å². The molecule has 90 valence electrons. The van der Waals surface area contributed by atoms with Crippen LogP contribution in [0.4, 0.5) is 5.82 Å². The maximum Gasteiger partial charge on any atom is 0.293 e. The highest BCUT2D eigenvalue weighted by molar-refractivity contribution is 5.30. The average molecular weight is 223 g/mol. The van der Waals surface area contributed by atoms with Gasteiger partial charge in [0.15, 0.2) is 5.82 Å². The summed E-state index contributed by atoms with van der Waals surface area (Å²) in [4.78, 5) is 16.0. The van der Waals surface area contributed by atoms with Crippen molar-refractivity contribution in [3.05, 3.63) is 22.7 Å². The quantitative estimate of drug-likeness (QED) is 0.830. The molecule has 4 nitrogen and oxygen atoms in total. The summed E-state index contributed by atoms with van der Waals surface area (Å²) in [5.74, 6) is 1.41. The zero-order chi connectivity index (χ0) is 12.1. The Morgan fingerprint density at radius 3 is 2.56 bits per heavy atom. The first kappa shape index (κ1) is 12.7. The van der Waals surface area contributed by atoms with Gasteiger partial charge in [0.2, 0.25) is 0 Å². The molecule has 4 heteroatoms. The molecule has 0 unspecified atom stereocenters. The average Bonchev–Trinajstić information content (AvgIpc) is 2.18. The van der Waals surface area contributed by atoms with Gasteiger partial charge in [0.25, 0.3) is 5.56 Å². The lowest BCUT2D eigenvalue weighted by atomic mass is 10.2. The third kappa shape index (κ3) is 3.68. The molecule has 16 heavy (non-hydrogen) atoms. The standard InChI is InChI=1S/C12H21N3O/c1-9(2)7-14-11-12(16)15(6-5-13-11)8-10(3)4/h5-6,9-10H,7-8H2,1-4H3,(H,13,14). The molecule has 0 aliphatic carbocycles.